The van der Waals surface area contributed by atoms with E-state index in [4.69, 9.17) is 0 Å². The molecule has 1 heterocycles. The van der Waals surface area contributed by atoms with Gasteiger partial charge in [0.25, 0.3) is 0 Å². The third-order valence-electron chi connectivity index (χ3n) is 4.50. The topological polar surface area (TPSA) is 70.6 Å². The number of nitrogens with one attached hydrogen (secondary N) is 2. The number of hydrogen-bond acceptors (Lipinski definition) is 4. The smallest absolute Gasteiger partial charge is 0.326 e. The largest absolute Gasteiger partial charge is 0.416 e. The number of halogens is 3. The van der Waals surface area contributed by atoms with Crippen LogP contribution in [-0.4, -0.2) is 28.3 Å². The van der Waals surface area contributed by atoms with Gasteiger partial charge < -0.3 is 10.6 Å². The first-order chi connectivity index (χ1) is 12.8. The molecule has 2 N–H and O–H groups in total. The summed E-state index contributed by atoms with van der Waals surface area (Å²) in [6.07, 6.45) is 0.856. The van der Waals surface area contributed by atoms with E-state index in [0.29, 0.717) is 5.17 Å². The molecule has 3 rings (SSSR count). The van der Waals surface area contributed by atoms with E-state index in [1.165, 1.54) is 30.3 Å². The number of rotatable bonds is 4. The molecule has 1 saturated heterocycles. The Bertz CT molecular complexity index is 746. The minimum absolute atomic E-state index is 0.0503. The standard InChI is InChI=1S/C18H20F3N3O2S/c19-18(20,21)11-5-4-8-13(9-11)22-15(25)10-14-16(26)24-17(27-14)23-12-6-2-1-3-7-12/h4-5,8-9,12,14H,1-3,6-7,10H2,(H,22,25)(H,23,24,26)/t14-/m0/s1. The molecule has 146 valence electrons. The average Bonchev–Trinajstić information content (AvgIpc) is 2.94. The number of hydrogen-bond donors (Lipinski definition) is 2. The number of aliphatic imine (C=N–C) groups is 1. The van der Waals surface area contributed by atoms with Gasteiger partial charge >= 0.3 is 6.18 Å². The lowest BCUT2D eigenvalue weighted by molar-refractivity contribution is -0.137. The summed E-state index contributed by atoms with van der Waals surface area (Å²) in [7, 11) is 0. The summed E-state index contributed by atoms with van der Waals surface area (Å²) in [6.45, 7) is 0. The number of nitrogens with zero attached hydrogens (tertiary/aromatic N) is 1. The zero-order valence-electron chi connectivity index (χ0n) is 14.5. The lowest BCUT2D eigenvalue weighted by Gasteiger charge is -2.17. The highest BCUT2D eigenvalue weighted by Crippen LogP contribution is 2.31. The monoisotopic (exact) mass is 399 g/mol. The van der Waals surface area contributed by atoms with E-state index in [1.807, 2.05) is 0 Å². The molecule has 0 aromatic heterocycles. The molecule has 1 aliphatic carbocycles. The molecule has 1 atom stereocenters. The molecule has 0 spiro atoms. The SMILES string of the molecule is O=C(C[C@@H]1SC(=NC2CCCCC2)NC1=O)Nc1cccc(C(F)(F)F)c1. The van der Waals surface area contributed by atoms with Gasteiger partial charge in [-0.1, -0.05) is 37.1 Å². The van der Waals surface area contributed by atoms with Gasteiger partial charge in [-0.3, -0.25) is 14.6 Å². The first-order valence-electron chi connectivity index (χ1n) is 8.84. The number of carbonyl (C=O) groups excluding carboxylic acids is 2. The minimum atomic E-state index is -4.48. The predicted octanol–water partition coefficient (Wildman–Crippen LogP) is 3.95. The molecule has 1 aromatic carbocycles. The van der Waals surface area contributed by atoms with Crippen molar-refractivity contribution in [2.45, 2.75) is 56.0 Å². The Balaban J connectivity index is 1.56. The van der Waals surface area contributed by atoms with Gasteiger partial charge in [0.15, 0.2) is 5.17 Å². The lowest BCUT2D eigenvalue weighted by atomic mass is 9.96. The fraction of sp³-hybridized carbons (Fsp3) is 0.500. The number of alkyl halides is 3. The lowest BCUT2D eigenvalue weighted by Crippen LogP contribution is -2.28. The van der Waals surface area contributed by atoms with E-state index in [2.05, 4.69) is 15.6 Å². The first kappa shape index (κ1) is 19.7. The van der Waals surface area contributed by atoms with Gasteiger partial charge in [0.1, 0.15) is 5.25 Å². The summed E-state index contributed by atoms with van der Waals surface area (Å²) in [5.74, 6) is -0.811. The first-order valence-corrected chi connectivity index (χ1v) is 9.71. The van der Waals surface area contributed by atoms with E-state index in [9.17, 15) is 22.8 Å². The maximum Gasteiger partial charge on any atom is 0.416 e. The van der Waals surface area contributed by atoms with Gasteiger partial charge in [-0.2, -0.15) is 13.2 Å². The molecular weight excluding hydrogens is 379 g/mol. The average molecular weight is 399 g/mol. The highest BCUT2D eigenvalue weighted by atomic mass is 32.2. The van der Waals surface area contributed by atoms with Crippen molar-refractivity contribution in [2.24, 2.45) is 4.99 Å². The molecule has 2 amide bonds. The van der Waals surface area contributed by atoms with Gasteiger partial charge in [-0.15, -0.1) is 0 Å². The van der Waals surface area contributed by atoms with E-state index < -0.39 is 22.9 Å². The van der Waals surface area contributed by atoms with Crippen LogP contribution in [0.3, 0.4) is 0 Å². The van der Waals surface area contributed by atoms with Crippen LogP contribution in [0.5, 0.6) is 0 Å². The second kappa shape index (κ2) is 8.33. The number of amidine groups is 1. The van der Waals surface area contributed by atoms with Gasteiger partial charge in [0.05, 0.1) is 11.6 Å². The van der Waals surface area contributed by atoms with Crippen LogP contribution >= 0.6 is 11.8 Å². The Kier molecular flexibility index (Phi) is 6.08. The Morgan fingerprint density at radius 3 is 2.70 bits per heavy atom. The van der Waals surface area contributed by atoms with E-state index in [0.717, 1.165) is 37.8 Å². The second-order valence-electron chi connectivity index (χ2n) is 6.65. The summed E-state index contributed by atoms with van der Waals surface area (Å²) in [4.78, 5) is 28.8. The zero-order chi connectivity index (χ0) is 19.4. The van der Waals surface area contributed by atoms with Crippen molar-refractivity contribution in [1.82, 2.24) is 5.32 Å². The fourth-order valence-corrected chi connectivity index (χ4v) is 4.17. The van der Waals surface area contributed by atoms with Crippen molar-refractivity contribution in [3.05, 3.63) is 29.8 Å². The van der Waals surface area contributed by atoms with E-state index in [-0.39, 0.29) is 24.1 Å². The molecule has 0 radical (unpaired) electrons. The summed E-state index contributed by atoms with van der Waals surface area (Å²) < 4.78 is 38.2. The third kappa shape index (κ3) is 5.47. The maximum absolute atomic E-state index is 12.7. The summed E-state index contributed by atoms with van der Waals surface area (Å²) in [5, 5.41) is 5.03. The van der Waals surface area contributed by atoms with Crippen LogP contribution in [0.25, 0.3) is 0 Å². The molecule has 2 fully saturated rings. The highest BCUT2D eigenvalue weighted by molar-refractivity contribution is 8.15. The molecule has 1 saturated carbocycles. The van der Waals surface area contributed by atoms with Crippen molar-refractivity contribution in [2.75, 3.05) is 5.32 Å². The third-order valence-corrected chi connectivity index (χ3v) is 5.59. The molecule has 0 bridgehead atoms. The van der Waals surface area contributed by atoms with Crippen LogP contribution in [0.2, 0.25) is 0 Å². The molecule has 5 nitrogen and oxygen atoms in total. The molecular formula is C18H20F3N3O2S. The van der Waals surface area contributed by atoms with Crippen LogP contribution in [0, 0.1) is 0 Å². The number of benzene rings is 1. The Morgan fingerprint density at radius 2 is 2.00 bits per heavy atom. The maximum atomic E-state index is 12.7. The van der Waals surface area contributed by atoms with Crippen molar-refractivity contribution in [3.8, 4) is 0 Å². The number of thioether (sulfide) groups is 1. The fourth-order valence-electron chi connectivity index (χ4n) is 3.13. The van der Waals surface area contributed by atoms with Crippen molar-refractivity contribution < 1.29 is 22.8 Å². The van der Waals surface area contributed by atoms with Crippen LogP contribution in [0.15, 0.2) is 29.3 Å². The van der Waals surface area contributed by atoms with Gasteiger partial charge in [-0.25, -0.2) is 0 Å². The molecule has 1 aromatic rings. The quantitative estimate of drug-likeness (QED) is 0.805. The molecule has 9 heteroatoms. The van der Waals surface area contributed by atoms with Crippen LogP contribution in [0.4, 0.5) is 18.9 Å². The van der Waals surface area contributed by atoms with Gasteiger partial charge in [0, 0.05) is 12.1 Å². The molecule has 27 heavy (non-hydrogen) atoms. The molecule has 1 aliphatic heterocycles. The normalized spacial score (nSPS) is 22.7. The van der Waals surface area contributed by atoms with Crippen LogP contribution < -0.4 is 10.6 Å². The van der Waals surface area contributed by atoms with Crippen LogP contribution in [0.1, 0.15) is 44.1 Å². The minimum Gasteiger partial charge on any atom is -0.326 e. The van der Waals surface area contributed by atoms with E-state index in [1.54, 1.807) is 0 Å². The Morgan fingerprint density at radius 1 is 1.26 bits per heavy atom. The second-order valence-corrected chi connectivity index (χ2v) is 7.84. The Hall–Kier alpha value is -2.03. The molecule has 2 aliphatic rings. The molecule has 0 unspecified atom stereocenters. The zero-order valence-corrected chi connectivity index (χ0v) is 15.3. The van der Waals surface area contributed by atoms with E-state index >= 15 is 0 Å². The summed E-state index contributed by atoms with van der Waals surface area (Å²) >= 11 is 1.21. The van der Waals surface area contributed by atoms with Gasteiger partial charge in [-0.05, 0) is 31.0 Å². The highest BCUT2D eigenvalue weighted by Gasteiger charge is 2.33. The number of amides is 2. The summed E-state index contributed by atoms with van der Waals surface area (Å²) in [5.41, 5.74) is -0.787. The number of anilines is 1. The van der Waals surface area contributed by atoms with Crippen molar-refractivity contribution >= 4 is 34.4 Å². The van der Waals surface area contributed by atoms with Crippen LogP contribution in [-0.2, 0) is 15.8 Å². The van der Waals surface area contributed by atoms with Gasteiger partial charge in [0.2, 0.25) is 11.8 Å². The predicted molar refractivity (Wildman–Crippen MR) is 98.5 cm³/mol. The van der Waals surface area contributed by atoms with Crippen molar-refractivity contribution in [3.63, 3.8) is 0 Å². The summed E-state index contributed by atoms with van der Waals surface area (Å²) in [6, 6.07) is 4.62. The van der Waals surface area contributed by atoms with Crippen molar-refractivity contribution in [1.29, 1.82) is 0 Å². The number of carbonyl (C=O) groups is 2. The Labute approximate surface area is 159 Å².